The van der Waals surface area contributed by atoms with Gasteiger partial charge in [-0.05, 0) is 42.3 Å². The van der Waals surface area contributed by atoms with Gasteiger partial charge in [0, 0.05) is 30.1 Å². The van der Waals surface area contributed by atoms with Crippen molar-refractivity contribution >= 4 is 28.5 Å². The molecule has 0 saturated carbocycles. The number of unbranched alkanes of at least 4 members (excludes halogenated alkanes) is 2. The van der Waals surface area contributed by atoms with E-state index in [0.29, 0.717) is 12.4 Å². The van der Waals surface area contributed by atoms with Crippen molar-refractivity contribution in [2.24, 2.45) is 0 Å². The third-order valence-electron chi connectivity index (χ3n) is 6.34. The first-order chi connectivity index (χ1) is 18.0. The van der Waals surface area contributed by atoms with Crippen LogP contribution >= 0.6 is 11.6 Å². The topological polar surface area (TPSA) is 108 Å². The van der Waals surface area contributed by atoms with E-state index in [2.05, 4.69) is 28.1 Å². The van der Waals surface area contributed by atoms with Crippen molar-refractivity contribution in [1.29, 1.82) is 0 Å². The Morgan fingerprint density at radius 1 is 1.16 bits per heavy atom. The molecule has 2 aromatic carbocycles. The first-order valence-electron chi connectivity index (χ1n) is 12.1. The van der Waals surface area contributed by atoms with Gasteiger partial charge < -0.3 is 13.9 Å². The van der Waals surface area contributed by atoms with Gasteiger partial charge in [-0.3, -0.25) is 9.51 Å². The summed E-state index contributed by atoms with van der Waals surface area (Å²) in [6, 6.07) is 15.8. The molecule has 0 radical (unpaired) electrons. The summed E-state index contributed by atoms with van der Waals surface area (Å²) in [5.74, 6) is 0.0230. The minimum Gasteiger partial charge on any atom is -0.464 e. The number of benzene rings is 2. The molecule has 1 N–H and O–H groups in total. The number of fused-ring (bicyclic) bond motifs is 1. The fraction of sp³-hybridized carbons (Fsp3) is 0.259. The summed E-state index contributed by atoms with van der Waals surface area (Å²) in [4.78, 5) is 31.1. The fourth-order valence-electron chi connectivity index (χ4n) is 4.57. The van der Waals surface area contributed by atoms with E-state index in [-0.39, 0.29) is 10.8 Å². The lowest BCUT2D eigenvalue weighted by molar-refractivity contribution is 0.0589. The monoisotopic (exact) mass is 519 g/mol. The summed E-state index contributed by atoms with van der Waals surface area (Å²) in [6.07, 6.45) is 5.81. The number of carbonyl (C=O) groups is 1. The first-order valence-corrected chi connectivity index (χ1v) is 12.5. The maximum Gasteiger partial charge on any atom is 0.439 e. The van der Waals surface area contributed by atoms with Gasteiger partial charge in [0.25, 0.3) is 0 Å². The van der Waals surface area contributed by atoms with E-state index in [1.807, 2.05) is 57.8 Å². The zero-order valence-electron chi connectivity index (χ0n) is 20.5. The molecule has 0 unspecified atom stereocenters. The van der Waals surface area contributed by atoms with E-state index in [1.165, 1.54) is 7.11 Å². The molecule has 0 spiro atoms. The lowest BCUT2D eigenvalue weighted by Gasteiger charge is -2.13. The Morgan fingerprint density at radius 2 is 2.00 bits per heavy atom. The Labute approximate surface area is 217 Å². The Bertz CT molecular complexity index is 1630. The van der Waals surface area contributed by atoms with Gasteiger partial charge >= 0.3 is 11.7 Å². The Kier molecular flexibility index (Phi) is 6.96. The molecule has 0 bridgehead atoms. The van der Waals surface area contributed by atoms with Crippen molar-refractivity contribution in [3.63, 3.8) is 0 Å². The van der Waals surface area contributed by atoms with Crippen molar-refractivity contribution in [3.8, 4) is 17.1 Å². The van der Waals surface area contributed by atoms with Gasteiger partial charge in [-0.15, -0.1) is 0 Å². The Hall–Kier alpha value is -4.11. The van der Waals surface area contributed by atoms with Gasteiger partial charge in [-0.25, -0.2) is 14.6 Å². The molecule has 3 aromatic heterocycles. The van der Waals surface area contributed by atoms with Gasteiger partial charge in [0.05, 0.1) is 18.3 Å². The van der Waals surface area contributed by atoms with Crippen LogP contribution in [-0.2, 0) is 17.7 Å². The summed E-state index contributed by atoms with van der Waals surface area (Å²) in [5.41, 5.74) is 3.83. The number of para-hydroxylation sites is 1. The third kappa shape index (κ3) is 4.82. The number of methoxy groups -OCH3 is 1. The van der Waals surface area contributed by atoms with E-state index in [0.717, 1.165) is 59.2 Å². The number of hydrogen-bond donors (Lipinski definition) is 1. The zero-order valence-corrected chi connectivity index (χ0v) is 21.3. The molecule has 0 aliphatic rings. The Balaban J connectivity index is 1.51. The van der Waals surface area contributed by atoms with Crippen LogP contribution in [0.2, 0.25) is 5.15 Å². The molecule has 10 heteroatoms. The number of esters is 1. The number of nitrogens with zero attached hydrogens (tertiary/aromatic N) is 4. The van der Waals surface area contributed by atoms with Crippen molar-refractivity contribution in [3.05, 3.63) is 87.5 Å². The number of nitrogens with one attached hydrogen (secondary N) is 1. The number of imidazole rings is 1. The predicted octanol–water partition coefficient (Wildman–Crippen LogP) is 5.39. The van der Waals surface area contributed by atoms with Crippen LogP contribution < -0.4 is 5.76 Å². The normalized spacial score (nSPS) is 11.3. The molecule has 3 heterocycles. The van der Waals surface area contributed by atoms with Gasteiger partial charge in [-0.1, -0.05) is 54.7 Å². The number of carbonyl (C=O) groups excluding carboxylic acids is 1. The van der Waals surface area contributed by atoms with E-state index in [4.69, 9.17) is 20.9 Å². The van der Waals surface area contributed by atoms with Crippen LogP contribution in [0.5, 0.6) is 0 Å². The lowest BCUT2D eigenvalue weighted by Crippen LogP contribution is -2.14. The maximum absolute atomic E-state index is 12.5. The van der Waals surface area contributed by atoms with Gasteiger partial charge in [0.1, 0.15) is 5.82 Å². The maximum atomic E-state index is 12.5. The van der Waals surface area contributed by atoms with Crippen LogP contribution in [0.4, 0.5) is 0 Å². The summed E-state index contributed by atoms with van der Waals surface area (Å²) < 4.78 is 13.6. The number of aromatic amines is 1. The van der Waals surface area contributed by atoms with Crippen molar-refractivity contribution in [2.75, 3.05) is 7.11 Å². The van der Waals surface area contributed by atoms with Crippen molar-refractivity contribution in [1.82, 2.24) is 24.3 Å². The summed E-state index contributed by atoms with van der Waals surface area (Å²) in [7, 11) is 1.34. The number of rotatable bonds is 9. The number of H-pyrrole nitrogens is 1. The van der Waals surface area contributed by atoms with Crippen molar-refractivity contribution < 1.29 is 14.1 Å². The lowest BCUT2D eigenvalue weighted by atomic mass is 10.1. The predicted molar refractivity (Wildman–Crippen MR) is 140 cm³/mol. The average Bonchev–Trinajstić information content (AvgIpc) is 3.61. The molecule has 190 valence electrons. The molecule has 5 aromatic rings. The molecule has 5 rings (SSSR count). The first kappa shape index (κ1) is 24.6. The number of aromatic nitrogens is 5. The molecular weight excluding hydrogens is 494 g/mol. The molecule has 0 atom stereocenters. The molecule has 0 fully saturated rings. The molecule has 37 heavy (non-hydrogen) atoms. The molecule has 9 nitrogen and oxygen atoms in total. The largest absolute Gasteiger partial charge is 0.464 e. The second-order valence-corrected chi connectivity index (χ2v) is 9.10. The second kappa shape index (κ2) is 10.5. The molecule has 0 aliphatic heterocycles. The highest BCUT2D eigenvalue weighted by Gasteiger charge is 2.23. The van der Waals surface area contributed by atoms with Gasteiger partial charge in [0.2, 0.25) is 0 Å². The Morgan fingerprint density at radius 3 is 2.76 bits per heavy atom. The standard InChI is InChI=1S/C27H26ClN5O4/c1-3-4-5-10-22-29-24(28)23(26(34)36-2)33(22)16-17-11-12-20-18(15-17)13-14-32(20)21-9-7-6-8-19(21)25-30-27(35)37-31-25/h6-9,11-15H,3-5,10,16H2,1-2H3,(H,30,31,35). The summed E-state index contributed by atoms with van der Waals surface area (Å²) >= 11 is 6.37. The average molecular weight is 520 g/mol. The van der Waals surface area contributed by atoms with Crippen LogP contribution in [0.1, 0.15) is 48.1 Å². The fourth-order valence-corrected chi connectivity index (χ4v) is 4.84. The quantitative estimate of drug-likeness (QED) is 0.206. The highest BCUT2D eigenvalue weighted by molar-refractivity contribution is 6.32. The van der Waals surface area contributed by atoms with Crippen LogP contribution in [0, 0.1) is 0 Å². The van der Waals surface area contributed by atoms with Crippen LogP contribution in [0.15, 0.2) is 64.0 Å². The second-order valence-electron chi connectivity index (χ2n) is 8.74. The summed E-state index contributed by atoms with van der Waals surface area (Å²) in [6.45, 7) is 2.58. The molecule has 0 aliphatic carbocycles. The van der Waals surface area contributed by atoms with Crippen LogP contribution in [0.25, 0.3) is 28.0 Å². The van der Waals surface area contributed by atoms with Gasteiger partial charge in [-0.2, -0.15) is 0 Å². The highest BCUT2D eigenvalue weighted by atomic mass is 35.5. The minimum absolute atomic E-state index is 0.160. The molecule has 0 amide bonds. The van der Waals surface area contributed by atoms with Crippen LogP contribution in [0.3, 0.4) is 0 Å². The number of halogens is 1. The van der Waals surface area contributed by atoms with E-state index < -0.39 is 11.7 Å². The SMILES string of the molecule is CCCCCc1nc(Cl)c(C(=O)OC)n1Cc1ccc2c(ccn2-c2ccccc2-c2noc(=O)[nH]2)c1. The highest BCUT2D eigenvalue weighted by Crippen LogP contribution is 2.29. The van der Waals surface area contributed by atoms with Crippen molar-refractivity contribution in [2.45, 2.75) is 39.2 Å². The number of aryl methyl sites for hydroxylation is 1. The number of hydrogen-bond acceptors (Lipinski definition) is 6. The minimum atomic E-state index is -0.605. The van der Waals surface area contributed by atoms with E-state index >= 15 is 0 Å². The molecular formula is C27H26ClN5O4. The molecule has 0 saturated heterocycles. The van der Waals surface area contributed by atoms with E-state index in [9.17, 15) is 9.59 Å². The zero-order chi connectivity index (χ0) is 25.9. The van der Waals surface area contributed by atoms with Gasteiger partial charge in [0.15, 0.2) is 16.7 Å². The smallest absolute Gasteiger partial charge is 0.439 e. The van der Waals surface area contributed by atoms with Crippen LogP contribution in [-0.4, -0.2) is 37.3 Å². The third-order valence-corrected chi connectivity index (χ3v) is 6.60. The number of ether oxygens (including phenoxy) is 1. The summed E-state index contributed by atoms with van der Waals surface area (Å²) in [5, 5.41) is 5.02. The van der Waals surface area contributed by atoms with E-state index in [1.54, 1.807) is 0 Å².